The van der Waals surface area contributed by atoms with Crippen LogP contribution in [0.15, 0.2) is 18.2 Å². The summed E-state index contributed by atoms with van der Waals surface area (Å²) in [6, 6.07) is 4.91. The maximum Gasteiger partial charge on any atom is 0.409 e. The molecule has 0 saturated carbocycles. The number of carbonyl (C=O) groups is 2. The summed E-state index contributed by atoms with van der Waals surface area (Å²) in [5.74, 6) is -0.217. The number of amides is 2. The lowest BCUT2D eigenvalue weighted by Gasteiger charge is -2.30. The van der Waals surface area contributed by atoms with Crippen molar-refractivity contribution in [3.63, 3.8) is 0 Å². The van der Waals surface area contributed by atoms with E-state index in [-0.39, 0.29) is 17.9 Å². The molecule has 0 bridgehead atoms. The second-order valence-corrected chi connectivity index (χ2v) is 5.98. The number of nitrogens with zero attached hydrogens (tertiary/aromatic N) is 1. The Kier molecular flexibility index (Phi) is 5.91. The molecule has 22 heavy (non-hydrogen) atoms. The number of carbonyl (C=O) groups excluding carboxylic acids is 2. The molecule has 0 aliphatic carbocycles. The lowest BCUT2D eigenvalue weighted by Crippen LogP contribution is -2.41. The average molecular weight is 345 g/mol. The van der Waals surface area contributed by atoms with Crippen LogP contribution >= 0.6 is 23.2 Å². The first kappa shape index (κ1) is 16.9. The maximum atomic E-state index is 12.3. The van der Waals surface area contributed by atoms with Gasteiger partial charge in [0.25, 0.3) is 0 Å². The summed E-state index contributed by atoms with van der Waals surface area (Å²) in [5.41, 5.74) is 0.579. The number of hydrogen-bond acceptors (Lipinski definition) is 3. The van der Waals surface area contributed by atoms with Crippen LogP contribution < -0.4 is 5.32 Å². The molecule has 2 rings (SSSR count). The molecular weight excluding hydrogens is 327 g/mol. The SMILES string of the molecule is CCOC(=O)N1CCC(C(=O)Nc2cc(Cl)cc(Cl)c2)CC1. The van der Waals surface area contributed by atoms with Crippen LogP contribution in [0.25, 0.3) is 0 Å². The molecule has 1 heterocycles. The van der Waals surface area contributed by atoms with E-state index in [9.17, 15) is 9.59 Å². The van der Waals surface area contributed by atoms with Crippen LogP contribution in [0.5, 0.6) is 0 Å². The molecule has 0 atom stereocenters. The van der Waals surface area contributed by atoms with Crippen molar-refractivity contribution in [1.82, 2.24) is 4.90 Å². The van der Waals surface area contributed by atoms with Crippen molar-refractivity contribution in [1.29, 1.82) is 0 Å². The van der Waals surface area contributed by atoms with Crippen LogP contribution in [-0.2, 0) is 9.53 Å². The van der Waals surface area contributed by atoms with E-state index < -0.39 is 0 Å². The number of halogens is 2. The van der Waals surface area contributed by atoms with E-state index >= 15 is 0 Å². The Hall–Kier alpha value is -1.46. The molecule has 7 heteroatoms. The Balaban J connectivity index is 1.88. The quantitative estimate of drug-likeness (QED) is 0.907. The highest BCUT2D eigenvalue weighted by Crippen LogP contribution is 2.24. The average Bonchev–Trinajstić information content (AvgIpc) is 2.46. The Morgan fingerprint density at radius 3 is 2.36 bits per heavy atom. The number of rotatable bonds is 3. The minimum absolute atomic E-state index is 0.0816. The van der Waals surface area contributed by atoms with Gasteiger partial charge in [-0.1, -0.05) is 23.2 Å². The van der Waals surface area contributed by atoms with E-state index in [1.165, 1.54) is 0 Å². The van der Waals surface area contributed by atoms with Gasteiger partial charge in [0.05, 0.1) is 6.61 Å². The number of piperidine rings is 1. The van der Waals surface area contributed by atoms with E-state index in [1.54, 1.807) is 30.0 Å². The number of ether oxygens (including phenoxy) is 1. The first-order valence-electron chi connectivity index (χ1n) is 7.18. The van der Waals surface area contributed by atoms with Gasteiger partial charge in [-0.25, -0.2) is 4.79 Å². The third-order valence-electron chi connectivity index (χ3n) is 3.52. The molecule has 1 N–H and O–H groups in total. The topological polar surface area (TPSA) is 58.6 Å². The zero-order valence-electron chi connectivity index (χ0n) is 12.3. The molecule has 0 aromatic heterocycles. The van der Waals surface area contributed by atoms with Gasteiger partial charge >= 0.3 is 6.09 Å². The van der Waals surface area contributed by atoms with E-state index in [0.717, 1.165) is 0 Å². The first-order chi connectivity index (χ1) is 10.5. The third-order valence-corrected chi connectivity index (χ3v) is 3.96. The Morgan fingerprint density at radius 2 is 1.82 bits per heavy atom. The summed E-state index contributed by atoms with van der Waals surface area (Å²) in [7, 11) is 0. The fraction of sp³-hybridized carbons (Fsp3) is 0.467. The predicted molar refractivity (Wildman–Crippen MR) is 86.4 cm³/mol. The van der Waals surface area contributed by atoms with E-state index in [1.807, 2.05) is 0 Å². The molecule has 0 unspecified atom stereocenters. The number of anilines is 1. The molecule has 2 amide bonds. The van der Waals surface area contributed by atoms with Crippen molar-refractivity contribution < 1.29 is 14.3 Å². The first-order valence-corrected chi connectivity index (χ1v) is 7.94. The standard InChI is InChI=1S/C15H18Cl2N2O3/c1-2-22-15(21)19-5-3-10(4-6-19)14(20)18-13-8-11(16)7-12(17)9-13/h7-10H,2-6H2,1H3,(H,18,20). The van der Waals surface area contributed by atoms with Crippen molar-refractivity contribution >= 4 is 40.9 Å². The van der Waals surface area contributed by atoms with Crippen LogP contribution in [0.4, 0.5) is 10.5 Å². The maximum absolute atomic E-state index is 12.3. The summed E-state index contributed by atoms with van der Waals surface area (Å²) >= 11 is 11.8. The van der Waals surface area contributed by atoms with Gasteiger partial charge in [0.15, 0.2) is 0 Å². The molecule has 0 spiro atoms. The van der Waals surface area contributed by atoms with Crippen LogP contribution in [-0.4, -0.2) is 36.6 Å². The highest BCUT2D eigenvalue weighted by atomic mass is 35.5. The minimum atomic E-state index is -0.317. The lowest BCUT2D eigenvalue weighted by molar-refractivity contribution is -0.121. The van der Waals surface area contributed by atoms with Crippen molar-refractivity contribution in [2.75, 3.05) is 25.0 Å². The van der Waals surface area contributed by atoms with Crippen LogP contribution in [0.3, 0.4) is 0 Å². The fourth-order valence-corrected chi connectivity index (χ4v) is 2.94. The minimum Gasteiger partial charge on any atom is -0.450 e. The smallest absolute Gasteiger partial charge is 0.409 e. The van der Waals surface area contributed by atoms with Gasteiger partial charge in [-0.3, -0.25) is 4.79 Å². The molecule has 1 aromatic carbocycles. The fourth-order valence-electron chi connectivity index (χ4n) is 2.41. The van der Waals surface area contributed by atoms with Crippen LogP contribution in [0.2, 0.25) is 10.0 Å². The number of hydrogen-bond donors (Lipinski definition) is 1. The molecule has 0 radical (unpaired) electrons. The van der Waals surface area contributed by atoms with E-state index in [4.69, 9.17) is 27.9 Å². The van der Waals surface area contributed by atoms with Gasteiger partial charge in [0.1, 0.15) is 0 Å². The van der Waals surface area contributed by atoms with Gasteiger partial charge in [-0.15, -0.1) is 0 Å². The summed E-state index contributed by atoms with van der Waals surface area (Å²) in [6.07, 6.45) is 0.903. The third kappa shape index (κ3) is 4.52. The molecule has 1 aliphatic heterocycles. The Labute approximate surface area is 139 Å². The van der Waals surface area contributed by atoms with Crippen molar-refractivity contribution in [2.45, 2.75) is 19.8 Å². The zero-order valence-corrected chi connectivity index (χ0v) is 13.8. The lowest BCUT2D eigenvalue weighted by atomic mass is 9.96. The predicted octanol–water partition coefficient (Wildman–Crippen LogP) is 3.80. The van der Waals surface area contributed by atoms with Crippen LogP contribution in [0, 0.1) is 5.92 Å². The Bertz CT molecular complexity index is 537. The van der Waals surface area contributed by atoms with Crippen LogP contribution in [0.1, 0.15) is 19.8 Å². The number of benzene rings is 1. The van der Waals surface area contributed by atoms with Crippen molar-refractivity contribution in [3.8, 4) is 0 Å². The normalized spacial score (nSPS) is 15.5. The van der Waals surface area contributed by atoms with Crippen molar-refractivity contribution in [2.24, 2.45) is 5.92 Å². The van der Waals surface area contributed by atoms with Gasteiger partial charge in [-0.05, 0) is 38.0 Å². The van der Waals surface area contributed by atoms with Crippen molar-refractivity contribution in [3.05, 3.63) is 28.2 Å². The summed E-state index contributed by atoms with van der Waals surface area (Å²) in [5, 5.41) is 3.76. The van der Waals surface area contributed by atoms with Gasteiger partial charge < -0.3 is 15.0 Å². The van der Waals surface area contributed by atoms with Gasteiger partial charge in [-0.2, -0.15) is 0 Å². The molecule has 1 aliphatic rings. The Morgan fingerprint density at radius 1 is 1.23 bits per heavy atom. The van der Waals surface area contributed by atoms with E-state index in [2.05, 4.69) is 5.32 Å². The summed E-state index contributed by atoms with van der Waals surface area (Å²) in [4.78, 5) is 25.5. The molecule has 120 valence electrons. The van der Waals surface area contributed by atoms with E-state index in [0.29, 0.717) is 48.3 Å². The second kappa shape index (κ2) is 7.70. The zero-order chi connectivity index (χ0) is 16.1. The second-order valence-electron chi connectivity index (χ2n) is 5.11. The molecular formula is C15H18Cl2N2O3. The largest absolute Gasteiger partial charge is 0.450 e. The molecule has 1 aromatic rings. The molecule has 5 nitrogen and oxygen atoms in total. The summed E-state index contributed by atoms with van der Waals surface area (Å²) in [6.45, 7) is 3.17. The molecule has 1 fully saturated rings. The highest BCUT2D eigenvalue weighted by Gasteiger charge is 2.28. The summed E-state index contributed by atoms with van der Waals surface area (Å²) < 4.78 is 4.96. The van der Waals surface area contributed by atoms with Gasteiger partial charge in [0.2, 0.25) is 5.91 Å². The number of likely N-dealkylation sites (tertiary alicyclic amines) is 1. The highest BCUT2D eigenvalue weighted by molar-refractivity contribution is 6.35. The van der Waals surface area contributed by atoms with Gasteiger partial charge in [0, 0.05) is 34.7 Å². The number of nitrogens with one attached hydrogen (secondary N) is 1. The monoisotopic (exact) mass is 344 g/mol. The molecule has 1 saturated heterocycles.